The first kappa shape index (κ1) is 27.1. The van der Waals surface area contributed by atoms with Gasteiger partial charge in [0, 0.05) is 12.2 Å². The summed E-state index contributed by atoms with van der Waals surface area (Å²) < 4.78 is 58.7. The van der Waals surface area contributed by atoms with E-state index in [2.05, 4.69) is 6.92 Å². The summed E-state index contributed by atoms with van der Waals surface area (Å²) in [6, 6.07) is 10.2. The number of phenols is 1. The van der Waals surface area contributed by atoms with Crippen LogP contribution in [0.2, 0.25) is 0 Å². The fourth-order valence-corrected chi connectivity index (χ4v) is 7.18. The molecule has 1 heterocycles. The quantitative estimate of drug-likeness (QED) is 0.288. The molecular weight excluding hydrogens is 496 g/mol. The first-order valence-electron chi connectivity index (χ1n) is 12.8. The Morgan fingerprint density at radius 1 is 0.865 bits per heavy atom. The Morgan fingerprint density at radius 2 is 1.54 bits per heavy atom. The molecule has 1 aliphatic heterocycles. The molecule has 3 aromatic rings. The van der Waals surface area contributed by atoms with E-state index < -0.39 is 27.7 Å². The third-order valence-corrected chi connectivity index (χ3v) is 9.04. The largest absolute Gasteiger partial charge is 0.508 e. The van der Waals surface area contributed by atoms with Crippen LogP contribution >= 0.6 is 0 Å². The van der Waals surface area contributed by atoms with Crippen LogP contribution < -0.4 is 4.31 Å². The molecule has 0 spiro atoms. The smallest absolute Gasteiger partial charge is 0.265 e. The average Bonchev–Trinajstić information content (AvgIpc) is 2.86. The zero-order valence-corrected chi connectivity index (χ0v) is 22.0. The number of hydrogen-bond acceptors (Lipinski definition) is 4. The molecule has 0 aromatic heterocycles. The molecule has 5 nitrogen and oxygen atoms in total. The lowest BCUT2D eigenvalue weighted by atomic mass is 9.90. The van der Waals surface area contributed by atoms with E-state index in [1.165, 1.54) is 46.8 Å². The molecule has 0 bridgehead atoms. The maximum atomic E-state index is 14.5. The van der Waals surface area contributed by atoms with Gasteiger partial charge in [-0.05, 0) is 97.3 Å². The molecule has 37 heavy (non-hydrogen) atoms. The summed E-state index contributed by atoms with van der Waals surface area (Å²) in [6.07, 6.45) is 4.81. The van der Waals surface area contributed by atoms with E-state index in [-0.39, 0.29) is 22.9 Å². The molecule has 0 aliphatic carbocycles. The lowest BCUT2D eigenvalue weighted by molar-refractivity contribution is 0.288. The number of nitrogens with zero attached hydrogens (tertiary/aromatic N) is 1. The molecule has 0 unspecified atom stereocenters. The van der Waals surface area contributed by atoms with Crippen LogP contribution in [0.3, 0.4) is 0 Å². The second-order valence-corrected chi connectivity index (χ2v) is 11.3. The number of aliphatic hydroxyl groups excluding tert-OH is 1. The van der Waals surface area contributed by atoms with Crippen molar-refractivity contribution in [3.63, 3.8) is 0 Å². The van der Waals surface area contributed by atoms with Gasteiger partial charge >= 0.3 is 0 Å². The highest BCUT2D eigenvalue weighted by molar-refractivity contribution is 7.93. The lowest BCUT2D eigenvalue weighted by Gasteiger charge is -2.38. The summed E-state index contributed by atoms with van der Waals surface area (Å²) in [5.41, 5.74) is 2.85. The fourth-order valence-electron chi connectivity index (χ4n) is 5.26. The molecule has 1 atom stereocenters. The van der Waals surface area contributed by atoms with Gasteiger partial charge in [-0.25, -0.2) is 17.2 Å². The third kappa shape index (κ3) is 5.22. The first-order chi connectivity index (χ1) is 17.7. The summed E-state index contributed by atoms with van der Waals surface area (Å²) in [4.78, 5) is 0.0386. The predicted molar refractivity (Wildman–Crippen MR) is 141 cm³/mol. The summed E-state index contributed by atoms with van der Waals surface area (Å²) in [5.74, 6) is -1.07. The van der Waals surface area contributed by atoms with E-state index in [1.807, 2.05) is 0 Å². The van der Waals surface area contributed by atoms with Gasteiger partial charge in [-0.3, -0.25) is 4.31 Å². The normalized spacial score (nSPS) is 14.9. The Labute approximate surface area is 217 Å². The van der Waals surface area contributed by atoms with Crippen LogP contribution in [0.4, 0.5) is 14.5 Å². The Kier molecular flexibility index (Phi) is 8.19. The number of anilines is 1. The molecule has 0 radical (unpaired) electrons. The average molecular weight is 530 g/mol. The van der Waals surface area contributed by atoms with Gasteiger partial charge in [0.25, 0.3) is 10.0 Å². The molecule has 0 saturated heterocycles. The number of aliphatic hydroxyl groups is 1. The van der Waals surface area contributed by atoms with Crippen molar-refractivity contribution in [2.75, 3.05) is 10.9 Å². The number of phenolic OH excluding ortho intramolecular Hbond substituents is 1. The molecule has 198 valence electrons. The maximum Gasteiger partial charge on any atom is 0.265 e. The molecule has 0 amide bonds. The van der Waals surface area contributed by atoms with Gasteiger partial charge in [0.1, 0.15) is 17.4 Å². The zero-order chi connectivity index (χ0) is 26.7. The number of fused-ring (bicyclic) bond motifs is 3. The number of rotatable bonds is 10. The van der Waals surface area contributed by atoms with Crippen molar-refractivity contribution < 1.29 is 27.4 Å². The SMILES string of the molecule is CCCCCCc1c(S(=O)(=O)N2c3cc(F)ccc3-c3ccc(F)cc3[C@@H]2C)ccc(O)c1CCCO. The minimum Gasteiger partial charge on any atom is -0.508 e. The molecule has 2 N–H and O–H groups in total. The lowest BCUT2D eigenvalue weighted by Crippen LogP contribution is -2.37. The highest BCUT2D eigenvalue weighted by Gasteiger charge is 2.39. The third-order valence-electron chi connectivity index (χ3n) is 7.07. The minimum absolute atomic E-state index is 0.0107. The van der Waals surface area contributed by atoms with E-state index in [4.69, 9.17) is 0 Å². The number of benzene rings is 3. The standard InChI is InChI=1S/C29H33F2NO4S/c1-3-4-5-6-8-25-24(9-7-16-33)28(34)14-15-29(25)37(35,36)32-19(2)26-17-20(30)10-12-22(26)23-13-11-21(31)18-27(23)32/h10-15,17-19,33-34H,3-9,16H2,1-2H3/t19-/m0/s1. The number of aromatic hydroxyl groups is 1. The highest BCUT2D eigenvalue weighted by Crippen LogP contribution is 2.48. The van der Waals surface area contributed by atoms with E-state index in [9.17, 15) is 27.4 Å². The first-order valence-corrected chi connectivity index (χ1v) is 14.2. The van der Waals surface area contributed by atoms with E-state index >= 15 is 0 Å². The Bertz CT molecular complexity index is 1390. The summed E-state index contributed by atoms with van der Waals surface area (Å²) in [7, 11) is -4.26. The van der Waals surface area contributed by atoms with Crippen molar-refractivity contribution in [3.05, 3.63) is 76.9 Å². The van der Waals surface area contributed by atoms with Crippen molar-refractivity contribution in [2.45, 2.75) is 69.7 Å². The van der Waals surface area contributed by atoms with E-state index in [0.29, 0.717) is 47.1 Å². The number of hydrogen-bond donors (Lipinski definition) is 2. The summed E-state index contributed by atoms with van der Waals surface area (Å²) >= 11 is 0. The molecule has 4 rings (SSSR count). The van der Waals surface area contributed by atoms with Gasteiger partial charge in [-0.15, -0.1) is 0 Å². The van der Waals surface area contributed by atoms with Crippen molar-refractivity contribution in [3.8, 4) is 16.9 Å². The van der Waals surface area contributed by atoms with Gasteiger partial charge in [-0.1, -0.05) is 32.3 Å². The minimum atomic E-state index is -4.26. The van der Waals surface area contributed by atoms with Gasteiger partial charge in [0.05, 0.1) is 16.6 Å². The summed E-state index contributed by atoms with van der Waals surface area (Å²) in [5, 5.41) is 20.0. The van der Waals surface area contributed by atoms with Gasteiger partial charge in [0.15, 0.2) is 0 Å². The van der Waals surface area contributed by atoms with E-state index in [0.717, 1.165) is 25.7 Å². The van der Waals surface area contributed by atoms with Crippen LogP contribution in [0.25, 0.3) is 11.1 Å². The second-order valence-electron chi connectivity index (χ2n) is 9.55. The van der Waals surface area contributed by atoms with Gasteiger partial charge in [0.2, 0.25) is 0 Å². The molecule has 0 saturated carbocycles. The van der Waals surface area contributed by atoms with E-state index in [1.54, 1.807) is 13.0 Å². The van der Waals surface area contributed by atoms with Gasteiger partial charge < -0.3 is 10.2 Å². The zero-order valence-electron chi connectivity index (χ0n) is 21.2. The van der Waals surface area contributed by atoms with Crippen molar-refractivity contribution in [2.24, 2.45) is 0 Å². The summed E-state index contributed by atoms with van der Waals surface area (Å²) in [6.45, 7) is 3.66. The van der Waals surface area contributed by atoms with Crippen LogP contribution in [0.1, 0.15) is 68.7 Å². The fraction of sp³-hybridized carbons (Fsp3) is 0.379. The number of halogens is 2. The Hall–Kier alpha value is -2.97. The molecule has 3 aromatic carbocycles. The number of sulfonamides is 1. The Morgan fingerprint density at radius 3 is 2.24 bits per heavy atom. The topological polar surface area (TPSA) is 77.8 Å². The van der Waals surface area contributed by atoms with Crippen LogP contribution in [0.15, 0.2) is 53.4 Å². The molecule has 1 aliphatic rings. The van der Waals surface area contributed by atoms with Crippen LogP contribution in [-0.2, 0) is 22.9 Å². The van der Waals surface area contributed by atoms with Crippen molar-refractivity contribution in [1.29, 1.82) is 0 Å². The van der Waals surface area contributed by atoms with Crippen molar-refractivity contribution >= 4 is 15.7 Å². The monoisotopic (exact) mass is 529 g/mol. The van der Waals surface area contributed by atoms with Crippen LogP contribution in [-0.4, -0.2) is 25.2 Å². The van der Waals surface area contributed by atoms with Crippen LogP contribution in [0, 0.1) is 11.6 Å². The van der Waals surface area contributed by atoms with Gasteiger partial charge in [-0.2, -0.15) is 0 Å². The maximum absolute atomic E-state index is 14.5. The molecule has 0 fully saturated rings. The number of unbranched alkanes of at least 4 members (excludes halogenated alkanes) is 3. The van der Waals surface area contributed by atoms with Crippen molar-refractivity contribution in [1.82, 2.24) is 0 Å². The predicted octanol–water partition coefficient (Wildman–Crippen LogP) is 6.66. The highest BCUT2D eigenvalue weighted by atomic mass is 32.2. The second kappa shape index (κ2) is 11.2. The molecular formula is C29H33F2NO4S. The van der Waals surface area contributed by atoms with Crippen LogP contribution in [0.5, 0.6) is 5.75 Å². The molecule has 8 heteroatoms. The Balaban J connectivity index is 1.90.